The molecule has 1 aromatic carbocycles. The summed E-state index contributed by atoms with van der Waals surface area (Å²) in [6.07, 6.45) is 2.17. The Kier molecular flexibility index (Phi) is 5.69. The predicted octanol–water partition coefficient (Wildman–Crippen LogP) is 3.29. The number of aromatic hydroxyl groups is 1. The Morgan fingerprint density at radius 1 is 1.28 bits per heavy atom. The van der Waals surface area contributed by atoms with E-state index in [-0.39, 0.29) is 11.7 Å². The topological polar surface area (TPSA) is 40.5 Å². The molecule has 0 aliphatic heterocycles. The number of nitrogens with zero attached hydrogens (tertiary/aromatic N) is 1. The van der Waals surface area contributed by atoms with Crippen molar-refractivity contribution in [1.82, 2.24) is 4.90 Å². The number of hydrogen-bond acceptors (Lipinski definition) is 2. The third-order valence-electron chi connectivity index (χ3n) is 3.40. The summed E-state index contributed by atoms with van der Waals surface area (Å²) in [6.45, 7) is 7.79. The largest absolute Gasteiger partial charge is 0.508 e. The number of carbonyl (C=O) groups is 1. The molecule has 0 aromatic heterocycles. The van der Waals surface area contributed by atoms with Gasteiger partial charge in [0, 0.05) is 18.7 Å². The van der Waals surface area contributed by atoms with Crippen molar-refractivity contribution in [2.75, 3.05) is 13.1 Å². The van der Waals surface area contributed by atoms with Gasteiger partial charge in [-0.05, 0) is 31.0 Å². The Labute approximate surface area is 109 Å². The van der Waals surface area contributed by atoms with Crippen LogP contribution in [0.2, 0.25) is 0 Å². The maximum absolute atomic E-state index is 12.3. The quantitative estimate of drug-likeness (QED) is 0.840. The number of hydrogen-bond donors (Lipinski definition) is 1. The molecule has 100 valence electrons. The molecular formula is C15H23NO2. The molecular weight excluding hydrogens is 226 g/mol. The molecule has 0 aliphatic rings. The lowest BCUT2D eigenvalue weighted by atomic mass is 10.0. The minimum Gasteiger partial charge on any atom is -0.508 e. The zero-order valence-corrected chi connectivity index (χ0v) is 11.5. The smallest absolute Gasteiger partial charge is 0.253 e. The zero-order valence-electron chi connectivity index (χ0n) is 11.5. The summed E-state index contributed by atoms with van der Waals surface area (Å²) in [5.74, 6) is 0.686. The SMILES string of the molecule is CCC(CC)CN(CC)C(=O)c1cccc(O)c1. The van der Waals surface area contributed by atoms with E-state index in [1.807, 2.05) is 11.8 Å². The van der Waals surface area contributed by atoms with Crippen LogP contribution in [0.5, 0.6) is 5.75 Å². The van der Waals surface area contributed by atoms with Crippen LogP contribution in [0.15, 0.2) is 24.3 Å². The van der Waals surface area contributed by atoms with Crippen molar-refractivity contribution in [2.24, 2.45) is 5.92 Å². The second kappa shape index (κ2) is 7.04. The maximum Gasteiger partial charge on any atom is 0.253 e. The van der Waals surface area contributed by atoms with Crippen LogP contribution in [0, 0.1) is 5.92 Å². The monoisotopic (exact) mass is 249 g/mol. The number of phenolic OH excluding ortho intramolecular Hbond substituents is 1. The van der Waals surface area contributed by atoms with Crippen molar-refractivity contribution >= 4 is 5.91 Å². The van der Waals surface area contributed by atoms with E-state index >= 15 is 0 Å². The lowest BCUT2D eigenvalue weighted by molar-refractivity contribution is 0.0734. The van der Waals surface area contributed by atoms with E-state index in [1.54, 1.807) is 18.2 Å². The third-order valence-corrected chi connectivity index (χ3v) is 3.40. The Bertz CT molecular complexity index is 386. The van der Waals surface area contributed by atoms with Crippen LogP contribution in [0.25, 0.3) is 0 Å². The van der Waals surface area contributed by atoms with Gasteiger partial charge in [-0.3, -0.25) is 4.79 Å². The highest BCUT2D eigenvalue weighted by molar-refractivity contribution is 5.94. The van der Waals surface area contributed by atoms with Gasteiger partial charge in [0.05, 0.1) is 0 Å². The van der Waals surface area contributed by atoms with Crippen molar-refractivity contribution in [1.29, 1.82) is 0 Å². The number of carbonyl (C=O) groups excluding carboxylic acids is 1. The maximum atomic E-state index is 12.3. The number of rotatable bonds is 6. The lowest BCUT2D eigenvalue weighted by Crippen LogP contribution is -2.35. The molecule has 1 aromatic rings. The molecule has 0 saturated carbocycles. The molecule has 0 aliphatic carbocycles. The van der Waals surface area contributed by atoms with Crippen LogP contribution < -0.4 is 0 Å². The van der Waals surface area contributed by atoms with Crippen molar-refractivity contribution in [3.8, 4) is 5.75 Å². The van der Waals surface area contributed by atoms with Gasteiger partial charge in [0.2, 0.25) is 0 Å². The highest BCUT2D eigenvalue weighted by atomic mass is 16.3. The van der Waals surface area contributed by atoms with E-state index in [1.165, 1.54) is 6.07 Å². The van der Waals surface area contributed by atoms with E-state index in [0.717, 1.165) is 19.4 Å². The van der Waals surface area contributed by atoms with Gasteiger partial charge >= 0.3 is 0 Å². The van der Waals surface area contributed by atoms with Gasteiger partial charge in [-0.2, -0.15) is 0 Å². The first-order chi connectivity index (χ1) is 8.62. The molecule has 0 atom stereocenters. The lowest BCUT2D eigenvalue weighted by Gasteiger charge is -2.25. The average molecular weight is 249 g/mol. The molecule has 1 amide bonds. The number of benzene rings is 1. The molecule has 0 unspecified atom stereocenters. The normalized spacial score (nSPS) is 10.7. The Morgan fingerprint density at radius 2 is 1.94 bits per heavy atom. The van der Waals surface area contributed by atoms with Crippen molar-refractivity contribution in [3.63, 3.8) is 0 Å². The molecule has 0 heterocycles. The Balaban J connectivity index is 2.79. The zero-order chi connectivity index (χ0) is 13.5. The first kappa shape index (κ1) is 14.6. The highest BCUT2D eigenvalue weighted by Gasteiger charge is 2.17. The van der Waals surface area contributed by atoms with E-state index in [0.29, 0.717) is 18.0 Å². The fourth-order valence-corrected chi connectivity index (χ4v) is 2.04. The first-order valence-electron chi connectivity index (χ1n) is 6.70. The van der Waals surface area contributed by atoms with Gasteiger partial charge in [-0.15, -0.1) is 0 Å². The fourth-order valence-electron chi connectivity index (χ4n) is 2.04. The van der Waals surface area contributed by atoms with Crippen LogP contribution in [-0.4, -0.2) is 29.0 Å². The summed E-state index contributed by atoms with van der Waals surface area (Å²) >= 11 is 0. The summed E-state index contributed by atoms with van der Waals surface area (Å²) < 4.78 is 0. The highest BCUT2D eigenvalue weighted by Crippen LogP contribution is 2.16. The third kappa shape index (κ3) is 3.76. The predicted molar refractivity (Wildman–Crippen MR) is 73.8 cm³/mol. The Hall–Kier alpha value is -1.51. The van der Waals surface area contributed by atoms with E-state index in [2.05, 4.69) is 13.8 Å². The summed E-state index contributed by atoms with van der Waals surface area (Å²) in [5.41, 5.74) is 0.558. The van der Waals surface area contributed by atoms with Crippen LogP contribution in [0.1, 0.15) is 44.0 Å². The number of phenols is 1. The first-order valence-corrected chi connectivity index (χ1v) is 6.70. The Morgan fingerprint density at radius 3 is 2.44 bits per heavy atom. The van der Waals surface area contributed by atoms with Crippen LogP contribution >= 0.6 is 0 Å². The summed E-state index contributed by atoms with van der Waals surface area (Å²) in [5, 5.41) is 9.42. The molecule has 0 spiro atoms. The standard InChI is InChI=1S/C15H23NO2/c1-4-12(5-2)11-16(6-3)15(18)13-8-7-9-14(17)10-13/h7-10,12,17H,4-6,11H2,1-3H3. The summed E-state index contributed by atoms with van der Waals surface area (Å²) in [6, 6.07) is 6.55. The summed E-state index contributed by atoms with van der Waals surface area (Å²) in [7, 11) is 0. The molecule has 0 radical (unpaired) electrons. The van der Waals surface area contributed by atoms with Gasteiger partial charge in [0.15, 0.2) is 0 Å². The van der Waals surface area contributed by atoms with Gasteiger partial charge < -0.3 is 10.0 Å². The second-order valence-electron chi connectivity index (χ2n) is 4.58. The van der Waals surface area contributed by atoms with Crippen LogP contribution in [0.3, 0.4) is 0 Å². The molecule has 18 heavy (non-hydrogen) atoms. The molecule has 0 fully saturated rings. The number of amides is 1. The van der Waals surface area contributed by atoms with Crippen molar-refractivity contribution < 1.29 is 9.90 Å². The minimum atomic E-state index is 0.000278. The van der Waals surface area contributed by atoms with Crippen molar-refractivity contribution in [2.45, 2.75) is 33.6 Å². The molecule has 1 N–H and O–H groups in total. The van der Waals surface area contributed by atoms with Crippen LogP contribution in [0.4, 0.5) is 0 Å². The molecule has 3 heteroatoms. The van der Waals surface area contributed by atoms with Gasteiger partial charge in [0.1, 0.15) is 5.75 Å². The van der Waals surface area contributed by atoms with E-state index in [9.17, 15) is 9.90 Å². The van der Waals surface area contributed by atoms with Gasteiger partial charge in [0.25, 0.3) is 5.91 Å². The van der Waals surface area contributed by atoms with E-state index < -0.39 is 0 Å². The molecule has 0 saturated heterocycles. The van der Waals surface area contributed by atoms with E-state index in [4.69, 9.17) is 0 Å². The summed E-state index contributed by atoms with van der Waals surface area (Å²) in [4.78, 5) is 14.2. The average Bonchev–Trinajstić information content (AvgIpc) is 2.39. The molecule has 3 nitrogen and oxygen atoms in total. The van der Waals surface area contributed by atoms with Crippen LogP contribution in [-0.2, 0) is 0 Å². The molecule has 1 rings (SSSR count). The second-order valence-corrected chi connectivity index (χ2v) is 4.58. The van der Waals surface area contributed by atoms with Gasteiger partial charge in [-0.1, -0.05) is 32.8 Å². The molecule has 0 bridgehead atoms. The van der Waals surface area contributed by atoms with Crippen molar-refractivity contribution in [3.05, 3.63) is 29.8 Å². The van der Waals surface area contributed by atoms with Gasteiger partial charge in [-0.25, -0.2) is 0 Å². The fraction of sp³-hybridized carbons (Fsp3) is 0.533. The minimum absolute atomic E-state index is 0.000278.